The summed E-state index contributed by atoms with van der Waals surface area (Å²) in [6.45, 7) is 5.99. The van der Waals surface area contributed by atoms with Gasteiger partial charge in [-0.3, -0.25) is 9.36 Å². The van der Waals surface area contributed by atoms with Crippen LogP contribution in [0, 0.1) is 12.8 Å². The molecular weight excluding hydrogens is 236 g/mol. The number of rotatable bonds is 1. The van der Waals surface area contributed by atoms with Crippen molar-refractivity contribution in [2.45, 2.75) is 39.2 Å². The van der Waals surface area contributed by atoms with E-state index in [9.17, 15) is 4.79 Å². The lowest BCUT2D eigenvalue weighted by atomic mass is 9.81. The Labute approximate surface area is 113 Å². The molecule has 0 saturated heterocycles. The third-order valence-electron chi connectivity index (χ3n) is 4.34. The van der Waals surface area contributed by atoms with Gasteiger partial charge in [0.05, 0.1) is 11.4 Å². The van der Waals surface area contributed by atoms with Crippen LogP contribution in [0.15, 0.2) is 24.3 Å². The number of aryl methyl sites for hydroxylation is 1. The molecule has 0 radical (unpaired) electrons. The smallest absolute Gasteiger partial charge is 0.236 e. The second-order valence-electron chi connectivity index (χ2n) is 6.18. The summed E-state index contributed by atoms with van der Waals surface area (Å²) in [5, 5.41) is 1.18. The van der Waals surface area contributed by atoms with Crippen molar-refractivity contribution in [1.29, 1.82) is 0 Å². The fourth-order valence-electron chi connectivity index (χ4n) is 3.26. The lowest BCUT2D eigenvalue weighted by Gasteiger charge is -2.33. The van der Waals surface area contributed by atoms with Crippen LogP contribution in [0.2, 0.25) is 0 Å². The maximum Gasteiger partial charge on any atom is 0.236 e. The zero-order chi connectivity index (χ0) is 13.8. The minimum absolute atomic E-state index is 0.102. The summed E-state index contributed by atoms with van der Waals surface area (Å²) >= 11 is 0. The number of nitrogens with two attached hydrogens (primary N) is 1. The number of nitrogens with zero attached hydrogens (tertiary/aromatic N) is 1. The Morgan fingerprint density at radius 2 is 2.00 bits per heavy atom. The summed E-state index contributed by atoms with van der Waals surface area (Å²) in [7, 11) is 0. The number of carbonyl (C=O) groups is 1. The van der Waals surface area contributed by atoms with Crippen molar-refractivity contribution in [3.05, 3.63) is 35.5 Å². The van der Waals surface area contributed by atoms with Gasteiger partial charge in [0, 0.05) is 16.6 Å². The number of aromatic nitrogens is 1. The summed E-state index contributed by atoms with van der Waals surface area (Å²) in [6, 6.07) is 8.12. The Morgan fingerprint density at radius 1 is 1.32 bits per heavy atom. The first-order valence-electron chi connectivity index (χ1n) is 6.83. The van der Waals surface area contributed by atoms with Gasteiger partial charge in [0.2, 0.25) is 5.91 Å². The van der Waals surface area contributed by atoms with Crippen molar-refractivity contribution < 1.29 is 4.79 Å². The first kappa shape index (κ1) is 12.4. The van der Waals surface area contributed by atoms with Crippen LogP contribution in [-0.2, 0) is 6.42 Å². The minimum atomic E-state index is -0.464. The molecule has 0 aliphatic carbocycles. The Kier molecular flexibility index (Phi) is 2.58. The van der Waals surface area contributed by atoms with E-state index in [1.54, 1.807) is 0 Å². The molecule has 2 heterocycles. The van der Waals surface area contributed by atoms with E-state index >= 15 is 0 Å². The van der Waals surface area contributed by atoms with Crippen molar-refractivity contribution in [3.8, 4) is 0 Å². The standard InChI is InChI=1S/C16H20N2O/c1-10-11-6-4-5-7-14(11)18-13(10)9-8-12(15(18)19)16(2,3)17/h4-7,12H,8-9,17H2,1-3H3. The Hall–Kier alpha value is -1.61. The fourth-order valence-corrected chi connectivity index (χ4v) is 3.26. The average Bonchev–Trinajstić information content (AvgIpc) is 2.64. The lowest BCUT2D eigenvalue weighted by Crippen LogP contribution is -2.48. The molecule has 1 unspecified atom stereocenters. The molecule has 3 heteroatoms. The highest BCUT2D eigenvalue weighted by Crippen LogP contribution is 2.34. The van der Waals surface area contributed by atoms with E-state index in [4.69, 9.17) is 5.73 Å². The normalized spacial score (nSPS) is 19.8. The topological polar surface area (TPSA) is 48.0 Å². The van der Waals surface area contributed by atoms with Crippen LogP contribution in [0.3, 0.4) is 0 Å². The van der Waals surface area contributed by atoms with Gasteiger partial charge in [-0.2, -0.15) is 0 Å². The molecule has 0 saturated carbocycles. The molecule has 3 rings (SSSR count). The maximum atomic E-state index is 12.8. The second kappa shape index (κ2) is 3.94. The molecule has 1 aliphatic heterocycles. The molecule has 19 heavy (non-hydrogen) atoms. The molecule has 0 fully saturated rings. The van der Waals surface area contributed by atoms with Crippen molar-refractivity contribution in [2.75, 3.05) is 0 Å². The van der Waals surface area contributed by atoms with Gasteiger partial charge in [0.25, 0.3) is 0 Å². The SMILES string of the molecule is Cc1c2n(c3ccccc13)C(=O)C(C(C)(C)N)CC2. The van der Waals surface area contributed by atoms with Crippen molar-refractivity contribution in [2.24, 2.45) is 11.7 Å². The van der Waals surface area contributed by atoms with Crippen LogP contribution >= 0.6 is 0 Å². The number of carbonyl (C=O) groups excluding carboxylic acids is 1. The van der Waals surface area contributed by atoms with Crippen LogP contribution in [0.4, 0.5) is 0 Å². The van der Waals surface area contributed by atoms with Gasteiger partial charge in [-0.1, -0.05) is 18.2 Å². The summed E-state index contributed by atoms with van der Waals surface area (Å²) in [5.41, 5.74) is 9.12. The Balaban J connectivity index is 2.24. The zero-order valence-electron chi connectivity index (χ0n) is 11.7. The predicted molar refractivity (Wildman–Crippen MR) is 77.4 cm³/mol. The van der Waals surface area contributed by atoms with Crippen LogP contribution in [0.25, 0.3) is 10.9 Å². The Morgan fingerprint density at radius 3 is 2.68 bits per heavy atom. The quantitative estimate of drug-likeness (QED) is 0.852. The Bertz CT molecular complexity index is 661. The number of fused-ring (bicyclic) bond motifs is 3. The number of benzene rings is 1. The molecule has 1 atom stereocenters. The van der Waals surface area contributed by atoms with Gasteiger partial charge in [-0.05, 0) is 45.2 Å². The molecule has 1 aromatic heterocycles. The molecule has 0 amide bonds. The highest BCUT2D eigenvalue weighted by molar-refractivity contribution is 5.98. The zero-order valence-corrected chi connectivity index (χ0v) is 11.7. The fraction of sp³-hybridized carbons (Fsp3) is 0.438. The van der Waals surface area contributed by atoms with E-state index in [0.717, 1.165) is 24.1 Å². The molecule has 2 N–H and O–H groups in total. The van der Waals surface area contributed by atoms with E-state index < -0.39 is 5.54 Å². The second-order valence-corrected chi connectivity index (χ2v) is 6.18. The van der Waals surface area contributed by atoms with Crippen LogP contribution in [0.5, 0.6) is 0 Å². The molecule has 0 bridgehead atoms. The van der Waals surface area contributed by atoms with Gasteiger partial charge in [-0.25, -0.2) is 0 Å². The van der Waals surface area contributed by atoms with Crippen molar-refractivity contribution >= 4 is 16.8 Å². The lowest BCUT2D eigenvalue weighted by molar-refractivity contribution is 0.0746. The van der Waals surface area contributed by atoms with Crippen LogP contribution < -0.4 is 5.73 Å². The van der Waals surface area contributed by atoms with E-state index in [1.807, 2.05) is 36.6 Å². The van der Waals surface area contributed by atoms with E-state index in [2.05, 4.69) is 13.0 Å². The van der Waals surface area contributed by atoms with Gasteiger partial charge in [-0.15, -0.1) is 0 Å². The van der Waals surface area contributed by atoms with Crippen LogP contribution in [0.1, 0.15) is 36.3 Å². The van der Waals surface area contributed by atoms with Crippen LogP contribution in [-0.4, -0.2) is 16.0 Å². The summed E-state index contributed by atoms with van der Waals surface area (Å²) in [5.74, 6) is 0.0493. The first-order chi connectivity index (χ1) is 8.91. The van der Waals surface area contributed by atoms with E-state index in [1.165, 1.54) is 10.9 Å². The molecule has 0 spiro atoms. The summed E-state index contributed by atoms with van der Waals surface area (Å²) in [6.07, 6.45) is 1.77. The molecule has 1 aromatic carbocycles. The van der Waals surface area contributed by atoms with E-state index in [0.29, 0.717) is 0 Å². The monoisotopic (exact) mass is 256 g/mol. The third-order valence-corrected chi connectivity index (χ3v) is 4.34. The number of hydrogen-bond donors (Lipinski definition) is 1. The van der Waals surface area contributed by atoms with Crippen molar-refractivity contribution in [3.63, 3.8) is 0 Å². The van der Waals surface area contributed by atoms with E-state index in [-0.39, 0.29) is 11.8 Å². The average molecular weight is 256 g/mol. The minimum Gasteiger partial charge on any atom is -0.325 e. The van der Waals surface area contributed by atoms with Gasteiger partial charge >= 0.3 is 0 Å². The molecule has 2 aromatic rings. The summed E-state index contributed by atoms with van der Waals surface area (Å²) in [4.78, 5) is 12.8. The maximum absolute atomic E-state index is 12.8. The predicted octanol–water partition coefficient (Wildman–Crippen LogP) is 2.89. The molecule has 100 valence electrons. The number of para-hydroxylation sites is 1. The summed E-state index contributed by atoms with van der Waals surface area (Å²) < 4.78 is 1.90. The van der Waals surface area contributed by atoms with Crippen molar-refractivity contribution in [1.82, 2.24) is 4.57 Å². The molecule has 1 aliphatic rings. The highest BCUT2D eigenvalue weighted by Gasteiger charge is 2.37. The molecular formula is C16H20N2O. The highest BCUT2D eigenvalue weighted by atomic mass is 16.2. The van der Waals surface area contributed by atoms with Gasteiger partial charge in [0.15, 0.2) is 0 Å². The largest absolute Gasteiger partial charge is 0.325 e. The van der Waals surface area contributed by atoms with Gasteiger partial charge in [0.1, 0.15) is 0 Å². The first-order valence-corrected chi connectivity index (χ1v) is 6.83. The van der Waals surface area contributed by atoms with Gasteiger partial charge < -0.3 is 5.73 Å². The third kappa shape index (κ3) is 1.72. The number of hydrogen-bond acceptors (Lipinski definition) is 2. The molecule has 3 nitrogen and oxygen atoms in total.